The van der Waals surface area contributed by atoms with Crippen molar-refractivity contribution >= 4 is 5.70 Å². The molecule has 146 valence electrons. The van der Waals surface area contributed by atoms with E-state index in [1.165, 1.54) is 11.1 Å². The maximum absolute atomic E-state index is 9.69. The number of rotatable bonds is 6. The summed E-state index contributed by atoms with van der Waals surface area (Å²) in [6, 6.07) is 29.1. The van der Waals surface area contributed by atoms with Gasteiger partial charge in [0, 0.05) is 29.3 Å². The summed E-state index contributed by atoms with van der Waals surface area (Å²) >= 11 is 0. The van der Waals surface area contributed by atoms with Gasteiger partial charge in [0.25, 0.3) is 0 Å². The minimum atomic E-state index is 0.541. The van der Waals surface area contributed by atoms with Gasteiger partial charge in [-0.2, -0.15) is 5.26 Å². The zero-order valence-corrected chi connectivity index (χ0v) is 16.8. The van der Waals surface area contributed by atoms with Crippen LogP contribution in [0.3, 0.4) is 0 Å². The minimum absolute atomic E-state index is 0.541. The van der Waals surface area contributed by atoms with Gasteiger partial charge in [0.05, 0.1) is 5.56 Å². The summed E-state index contributed by atoms with van der Waals surface area (Å²) in [4.78, 5) is 0. The number of hydrogen-bond acceptors (Lipinski definition) is 2. The lowest BCUT2D eigenvalue weighted by atomic mass is 9.99. The average molecular weight is 390 g/mol. The standard InChI is InChI=1S/C27H23N3/c1-20(29)23-12-14-26(15-13-23)30-18-25(17-28)27(19-30)24-9-5-8-22(16-24)11-10-21-6-3-2-4-7-21/h2-9,12-16,18-19H,1,10-11,29H2. The quantitative estimate of drug-likeness (QED) is 0.458. The van der Waals surface area contributed by atoms with E-state index < -0.39 is 0 Å². The van der Waals surface area contributed by atoms with Crippen LogP contribution in [0.15, 0.2) is 97.8 Å². The fourth-order valence-corrected chi connectivity index (χ4v) is 3.60. The first-order valence-electron chi connectivity index (χ1n) is 9.94. The first-order valence-corrected chi connectivity index (χ1v) is 9.94. The summed E-state index contributed by atoms with van der Waals surface area (Å²) in [6.45, 7) is 3.77. The lowest BCUT2D eigenvalue weighted by Crippen LogP contribution is -1.95. The lowest BCUT2D eigenvalue weighted by molar-refractivity contribution is 0.961. The SMILES string of the molecule is C=C(N)c1ccc(-n2cc(C#N)c(-c3cccc(CCc4ccccc4)c3)c2)cc1. The van der Waals surface area contributed by atoms with Crippen LogP contribution in [0.2, 0.25) is 0 Å². The van der Waals surface area contributed by atoms with Crippen LogP contribution in [-0.2, 0) is 12.8 Å². The molecule has 2 N–H and O–H groups in total. The Kier molecular flexibility index (Phi) is 5.50. The first-order chi connectivity index (χ1) is 14.6. The van der Waals surface area contributed by atoms with Crippen molar-refractivity contribution < 1.29 is 0 Å². The van der Waals surface area contributed by atoms with Crippen molar-refractivity contribution in [1.82, 2.24) is 4.57 Å². The molecule has 0 atom stereocenters. The Balaban J connectivity index is 1.61. The smallest absolute Gasteiger partial charge is 0.101 e. The Morgan fingerprint density at radius 3 is 2.27 bits per heavy atom. The van der Waals surface area contributed by atoms with E-state index in [0.29, 0.717) is 11.3 Å². The molecule has 0 unspecified atom stereocenters. The number of aryl methyl sites for hydroxylation is 2. The number of hydrogen-bond donors (Lipinski definition) is 1. The molecule has 0 radical (unpaired) electrons. The lowest BCUT2D eigenvalue weighted by Gasteiger charge is -2.06. The van der Waals surface area contributed by atoms with Crippen LogP contribution in [0.4, 0.5) is 0 Å². The Hall–Kier alpha value is -4.03. The number of nitriles is 1. The highest BCUT2D eigenvalue weighted by molar-refractivity contribution is 5.71. The van der Waals surface area contributed by atoms with E-state index in [1.54, 1.807) is 0 Å². The molecule has 0 saturated carbocycles. The second kappa shape index (κ2) is 8.55. The van der Waals surface area contributed by atoms with E-state index in [9.17, 15) is 5.26 Å². The molecule has 0 amide bonds. The summed E-state index contributed by atoms with van der Waals surface area (Å²) in [6.07, 6.45) is 5.85. The molecule has 0 aliphatic carbocycles. The van der Waals surface area contributed by atoms with Gasteiger partial charge in [0.15, 0.2) is 0 Å². The van der Waals surface area contributed by atoms with E-state index in [4.69, 9.17) is 5.73 Å². The molecule has 4 aromatic rings. The van der Waals surface area contributed by atoms with Crippen LogP contribution in [0, 0.1) is 11.3 Å². The largest absolute Gasteiger partial charge is 0.399 e. The molecule has 1 aromatic heterocycles. The van der Waals surface area contributed by atoms with Crippen LogP contribution in [-0.4, -0.2) is 4.57 Å². The molecule has 30 heavy (non-hydrogen) atoms. The van der Waals surface area contributed by atoms with Crippen molar-refractivity contribution in [2.45, 2.75) is 12.8 Å². The van der Waals surface area contributed by atoms with Gasteiger partial charge in [-0.25, -0.2) is 0 Å². The Bertz CT molecular complexity index is 1210. The molecule has 0 bridgehead atoms. The molecular weight excluding hydrogens is 366 g/mol. The molecule has 1 heterocycles. The van der Waals surface area contributed by atoms with E-state index >= 15 is 0 Å². The van der Waals surface area contributed by atoms with Gasteiger partial charge >= 0.3 is 0 Å². The maximum atomic E-state index is 9.69. The highest BCUT2D eigenvalue weighted by Gasteiger charge is 2.11. The van der Waals surface area contributed by atoms with Crippen LogP contribution >= 0.6 is 0 Å². The Morgan fingerprint density at radius 2 is 1.57 bits per heavy atom. The summed E-state index contributed by atoms with van der Waals surface area (Å²) in [7, 11) is 0. The summed E-state index contributed by atoms with van der Waals surface area (Å²) in [5.74, 6) is 0. The molecule has 0 fully saturated rings. The van der Waals surface area contributed by atoms with E-state index in [1.807, 2.05) is 47.3 Å². The van der Waals surface area contributed by atoms with Gasteiger partial charge in [-0.1, -0.05) is 73.3 Å². The van der Waals surface area contributed by atoms with Crippen LogP contribution in [0.1, 0.15) is 22.3 Å². The predicted octanol–water partition coefficient (Wildman–Crippen LogP) is 5.73. The Labute approximate surface area is 177 Å². The van der Waals surface area contributed by atoms with Gasteiger partial charge in [0.2, 0.25) is 0 Å². The highest BCUT2D eigenvalue weighted by atomic mass is 14.9. The third-order valence-corrected chi connectivity index (χ3v) is 5.27. The van der Waals surface area contributed by atoms with E-state index in [2.05, 4.69) is 61.2 Å². The minimum Gasteiger partial charge on any atom is -0.399 e. The van der Waals surface area contributed by atoms with E-state index in [-0.39, 0.29) is 0 Å². The molecule has 3 aromatic carbocycles. The van der Waals surface area contributed by atoms with E-state index in [0.717, 1.165) is 35.2 Å². The van der Waals surface area contributed by atoms with Gasteiger partial charge in [-0.3, -0.25) is 0 Å². The topological polar surface area (TPSA) is 54.7 Å². The third kappa shape index (κ3) is 4.19. The van der Waals surface area contributed by atoms with Crippen molar-refractivity contribution in [1.29, 1.82) is 5.26 Å². The average Bonchev–Trinajstić information content (AvgIpc) is 3.23. The maximum Gasteiger partial charge on any atom is 0.101 e. The van der Waals surface area contributed by atoms with Crippen LogP contribution < -0.4 is 5.73 Å². The molecule has 0 saturated heterocycles. The first kappa shape index (κ1) is 19.3. The zero-order valence-electron chi connectivity index (χ0n) is 16.8. The second-order valence-electron chi connectivity index (χ2n) is 7.36. The predicted molar refractivity (Wildman–Crippen MR) is 123 cm³/mol. The number of nitrogens with two attached hydrogens (primary N) is 1. The third-order valence-electron chi connectivity index (χ3n) is 5.27. The Morgan fingerprint density at radius 1 is 0.867 bits per heavy atom. The van der Waals surface area contributed by atoms with Gasteiger partial charge in [0.1, 0.15) is 6.07 Å². The second-order valence-corrected chi connectivity index (χ2v) is 7.36. The van der Waals surface area contributed by atoms with Crippen molar-refractivity contribution in [2.75, 3.05) is 0 Å². The number of benzene rings is 3. The van der Waals surface area contributed by atoms with Crippen molar-refractivity contribution in [3.63, 3.8) is 0 Å². The zero-order chi connectivity index (χ0) is 20.9. The summed E-state index contributed by atoms with van der Waals surface area (Å²) in [5.41, 5.74) is 13.4. The summed E-state index contributed by atoms with van der Waals surface area (Å²) < 4.78 is 1.98. The number of aromatic nitrogens is 1. The number of nitrogens with zero attached hydrogens (tertiary/aromatic N) is 2. The fourth-order valence-electron chi connectivity index (χ4n) is 3.60. The summed E-state index contributed by atoms with van der Waals surface area (Å²) in [5, 5.41) is 9.69. The highest BCUT2D eigenvalue weighted by Crippen LogP contribution is 2.27. The van der Waals surface area contributed by atoms with Crippen LogP contribution in [0.25, 0.3) is 22.5 Å². The van der Waals surface area contributed by atoms with Gasteiger partial charge in [-0.05, 0) is 47.2 Å². The molecule has 4 rings (SSSR count). The monoisotopic (exact) mass is 389 g/mol. The fraction of sp³-hybridized carbons (Fsp3) is 0.0741. The normalized spacial score (nSPS) is 10.5. The molecular formula is C27H23N3. The van der Waals surface area contributed by atoms with Gasteiger partial charge in [-0.15, -0.1) is 0 Å². The van der Waals surface area contributed by atoms with Crippen molar-refractivity contribution in [2.24, 2.45) is 5.73 Å². The van der Waals surface area contributed by atoms with Gasteiger partial charge < -0.3 is 10.3 Å². The van der Waals surface area contributed by atoms with Crippen LogP contribution in [0.5, 0.6) is 0 Å². The van der Waals surface area contributed by atoms with Crippen molar-refractivity contribution in [3.8, 4) is 22.9 Å². The molecule has 0 aliphatic rings. The van der Waals surface area contributed by atoms with Crippen molar-refractivity contribution in [3.05, 3.63) is 120 Å². The molecule has 3 nitrogen and oxygen atoms in total. The molecule has 0 spiro atoms. The molecule has 3 heteroatoms. The molecule has 0 aliphatic heterocycles.